The molecule has 0 saturated carbocycles. The number of methoxy groups -OCH3 is 1. The molecule has 1 fully saturated rings. The molecule has 1 unspecified atom stereocenters. The normalized spacial score (nSPS) is 15.3. The number of carbonyl (C=O) groups is 2. The number of para-hydroxylation sites is 2. The van der Waals surface area contributed by atoms with Gasteiger partial charge in [-0.3, -0.25) is 9.59 Å². The summed E-state index contributed by atoms with van der Waals surface area (Å²) in [6.07, 6.45) is 1.23. The van der Waals surface area contributed by atoms with Crippen molar-refractivity contribution in [3.8, 4) is 6.07 Å². The number of nitriles is 1. The molecule has 1 aromatic heterocycles. The molecule has 0 aliphatic carbocycles. The van der Waals surface area contributed by atoms with Gasteiger partial charge in [-0.1, -0.05) is 12.1 Å². The Morgan fingerprint density at radius 2 is 1.94 bits per heavy atom. The molecule has 164 valence electrons. The lowest BCUT2D eigenvalue weighted by Crippen LogP contribution is -2.39. The molecular weight excluding hydrogens is 398 g/mol. The first-order valence-corrected chi connectivity index (χ1v) is 10.4. The molecular formula is C22H27N5O4. The van der Waals surface area contributed by atoms with Crippen LogP contribution in [0.1, 0.15) is 31.4 Å². The fourth-order valence-corrected chi connectivity index (χ4v) is 3.64. The molecule has 1 aliphatic rings. The van der Waals surface area contributed by atoms with Crippen LogP contribution >= 0.6 is 0 Å². The minimum Gasteiger partial charge on any atom is -0.466 e. The zero-order valence-electron chi connectivity index (χ0n) is 17.8. The molecule has 0 spiro atoms. The van der Waals surface area contributed by atoms with Gasteiger partial charge in [0.05, 0.1) is 36.2 Å². The van der Waals surface area contributed by atoms with Crippen LogP contribution in [0.25, 0.3) is 11.0 Å². The van der Waals surface area contributed by atoms with E-state index in [0.717, 1.165) is 0 Å². The minimum atomic E-state index is -1.10. The molecule has 0 bridgehead atoms. The molecule has 31 heavy (non-hydrogen) atoms. The van der Waals surface area contributed by atoms with Crippen LogP contribution in [0.4, 0.5) is 5.82 Å². The van der Waals surface area contributed by atoms with E-state index in [4.69, 9.17) is 14.5 Å². The van der Waals surface area contributed by atoms with Crippen molar-refractivity contribution in [1.29, 1.82) is 5.26 Å². The van der Waals surface area contributed by atoms with Gasteiger partial charge in [-0.2, -0.15) is 5.26 Å². The van der Waals surface area contributed by atoms with Gasteiger partial charge in [-0.15, -0.1) is 0 Å². The van der Waals surface area contributed by atoms with Gasteiger partial charge in [0.2, 0.25) is 5.91 Å². The number of nitrogens with one attached hydrogen (secondary N) is 1. The van der Waals surface area contributed by atoms with Crippen molar-refractivity contribution in [3.63, 3.8) is 0 Å². The number of amides is 1. The second-order valence-corrected chi connectivity index (χ2v) is 7.28. The van der Waals surface area contributed by atoms with Crippen LogP contribution in [0.2, 0.25) is 0 Å². The number of anilines is 1. The summed E-state index contributed by atoms with van der Waals surface area (Å²) in [4.78, 5) is 36.2. The molecule has 1 saturated heterocycles. The molecule has 1 aliphatic heterocycles. The number of hydrogen-bond donors (Lipinski definition) is 1. The largest absolute Gasteiger partial charge is 0.466 e. The summed E-state index contributed by atoms with van der Waals surface area (Å²) in [6, 6.07) is 9.44. The summed E-state index contributed by atoms with van der Waals surface area (Å²) in [5, 5.41) is 12.5. The standard InChI is InChI=1S/C22H27N5O4/c1-3-31-22(29)15-8-11-27(12-9-15)20-19(16(14-23)21(28)24-10-13-30-2)25-17-6-4-5-7-18(17)26-20/h4-7,15-16H,3,8-13H2,1-2H3,(H,24,28). The highest BCUT2D eigenvalue weighted by molar-refractivity contribution is 5.89. The van der Waals surface area contributed by atoms with Crippen LogP contribution < -0.4 is 10.2 Å². The van der Waals surface area contributed by atoms with E-state index < -0.39 is 11.8 Å². The Kier molecular flexibility index (Phi) is 7.73. The zero-order chi connectivity index (χ0) is 22.2. The van der Waals surface area contributed by atoms with E-state index in [1.165, 1.54) is 0 Å². The van der Waals surface area contributed by atoms with Crippen LogP contribution in [0.3, 0.4) is 0 Å². The average molecular weight is 425 g/mol. The first-order chi connectivity index (χ1) is 15.1. The van der Waals surface area contributed by atoms with Gasteiger partial charge in [0.15, 0.2) is 11.7 Å². The monoisotopic (exact) mass is 425 g/mol. The van der Waals surface area contributed by atoms with Gasteiger partial charge in [0.1, 0.15) is 5.69 Å². The zero-order valence-corrected chi connectivity index (χ0v) is 17.8. The maximum Gasteiger partial charge on any atom is 0.309 e. The highest BCUT2D eigenvalue weighted by Crippen LogP contribution is 2.30. The van der Waals surface area contributed by atoms with Gasteiger partial charge < -0.3 is 19.7 Å². The number of ether oxygens (including phenoxy) is 2. The molecule has 1 amide bonds. The summed E-state index contributed by atoms with van der Waals surface area (Å²) < 4.78 is 10.1. The molecule has 1 atom stereocenters. The molecule has 2 aromatic rings. The fourth-order valence-electron chi connectivity index (χ4n) is 3.64. The third kappa shape index (κ3) is 5.27. The van der Waals surface area contributed by atoms with E-state index >= 15 is 0 Å². The number of hydrogen-bond acceptors (Lipinski definition) is 8. The van der Waals surface area contributed by atoms with Crippen molar-refractivity contribution < 1.29 is 19.1 Å². The van der Waals surface area contributed by atoms with Crippen molar-refractivity contribution in [1.82, 2.24) is 15.3 Å². The molecule has 2 heterocycles. The number of aromatic nitrogens is 2. The van der Waals surface area contributed by atoms with Crippen molar-refractivity contribution in [3.05, 3.63) is 30.0 Å². The van der Waals surface area contributed by atoms with Crippen LogP contribution in [0.5, 0.6) is 0 Å². The van der Waals surface area contributed by atoms with Crippen molar-refractivity contribution in [2.75, 3.05) is 44.9 Å². The Bertz CT molecular complexity index is 966. The predicted molar refractivity (Wildman–Crippen MR) is 114 cm³/mol. The molecule has 9 nitrogen and oxygen atoms in total. The van der Waals surface area contributed by atoms with E-state index in [0.29, 0.717) is 68.2 Å². The van der Waals surface area contributed by atoms with E-state index in [2.05, 4.69) is 16.4 Å². The number of fused-ring (bicyclic) bond motifs is 1. The molecule has 1 aromatic carbocycles. The third-order valence-corrected chi connectivity index (χ3v) is 5.26. The Labute approximate surface area is 181 Å². The molecule has 9 heteroatoms. The second kappa shape index (κ2) is 10.7. The first-order valence-electron chi connectivity index (χ1n) is 10.4. The molecule has 0 radical (unpaired) electrons. The van der Waals surface area contributed by atoms with E-state index in [-0.39, 0.29) is 11.9 Å². The van der Waals surface area contributed by atoms with Gasteiger partial charge in [-0.25, -0.2) is 9.97 Å². The second-order valence-electron chi connectivity index (χ2n) is 7.28. The highest BCUT2D eigenvalue weighted by Gasteiger charge is 2.32. The van der Waals surface area contributed by atoms with Crippen LogP contribution in [0, 0.1) is 17.2 Å². The van der Waals surface area contributed by atoms with Gasteiger partial charge >= 0.3 is 5.97 Å². The van der Waals surface area contributed by atoms with Gasteiger partial charge in [0, 0.05) is 26.7 Å². The number of nitrogens with zero attached hydrogens (tertiary/aromatic N) is 4. The van der Waals surface area contributed by atoms with E-state index in [1.54, 1.807) is 20.1 Å². The smallest absolute Gasteiger partial charge is 0.309 e. The summed E-state index contributed by atoms with van der Waals surface area (Å²) in [6.45, 7) is 3.93. The van der Waals surface area contributed by atoms with Gasteiger partial charge in [-0.05, 0) is 31.9 Å². The summed E-state index contributed by atoms with van der Waals surface area (Å²) >= 11 is 0. The van der Waals surface area contributed by atoms with E-state index in [9.17, 15) is 14.9 Å². The number of carbonyl (C=O) groups excluding carboxylic acids is 2. The third-order valence-electron chi connectivity index (χ3n) is 5.26. The predicted octanol–water partition coefficient (Wildman–Crippen LogP) is 1.78. The number of rotatable bonds is 8. The number of piperidine rings is 1. The van der Waals surface area contributed by atoms with Crippen LogP contribution in [-0.2, 0) is 19.1 Å². The number of esters is 1. The van der Waals surface area contributed by atoms with Crippen molar-refractivity contribution in [2.24, 2.45) is 5.92 Å². The van der Waals surface area contributed by atoms with Crippen LogP contribution in [0.15, 0.2) is 24.3 Å². The topological polar surface area (TPSA) is 117 Å². The molecule has 3 rings (SSSR count). The lowest BCUT2D eigenvalue weighted by atomic mass is 9.96. The Balaban J connectivity index is 1.90. The van der Waals surface area contributed by atoms with Crippen LogP contribution in [-0.4, -0.2) is 61.8 Å². The minimum absolute atomic E-state index is 0.155. The summed E-state index contributed by atoms with van der Waals surface area (Å²) in [5.74, 6) is -1.37. The lowest BCUT2D eigenvalue weighted by Gasteiger charge is -2.33. The Morgan fingerprint density at radius 3 is 2.55 bits per heavy atom. The Hall–Kier alpha value is -3.25. The average Bonchev–Trinajstić information content (AvgIpc) is 2.79. The lowest BCUT2D eigenvalue weighted by molar-refractivity contribution is -0.148. The van der Waals surface area contributed by atoms with Gasteiger partial charge in [0.25, 0.3) is 0 Å². The van der Waals surface area contributed by atoms with Crippen molar-refractivity contribution in [2.45, 2.75) is 25.7 Å². The summed E-state index contributed by atoms with van der Waals surface area (Å²) in [7, 11) is 1.54. The Morgan fingerprint density at radius 1 is 1.26 bits per heavy atom. The maximum atomic E-state index is 12.7. The first kappa shape index (κ1) is 22.4. The summed E-state index contributed by atoms with van der Waals surface area (Å²) in [5.41, 5.74) is 1.63. The number of benzene rings is 1. The maximum absolute atomic E-state index is 12.7. The SMILES string of the molecule is CCOC(=O)C1CCN(c2nc3ccccc3nc2C(C#N)C(=O)NCCOC)CC1. The quantitative estimate of drug-likeness (QED) is 0.502. The van der Waals surface area contributed by atoms with Crippen molar-refractivity contribution >= 4 is 28.7 Å². The van der Waals surface area contributed by atoms with E-state index in [1.807, 2.05) is 23.1 Å². The highest BCUT2D eigenvalue weighted by atomic mass is 16.5. The molecule has 1 N–H and O–H groups in total. The fraction of sp³-hybridized carbons (Fsp3) is 0.500.